The molecule has 0 saturated carbocycles. The first-order valence-electron chi connectivity index (χ1n) is 14.0. The number of fused-ring (bicyclic) bond motifs is 1. The van der Waals surface area contributed by atoms with Gasteiger partial charge in [-0.3, -0.25) is 4.90 Å². The number of aliphatic hydroxyl groups is 1. The van der Waals surface area contributed by atoms with E-state index in [1.165, 1.54) is 5.56 Å². The monoisotopic (exact) mass is 627 g/mol. The van der Waals surface area contributed by atoms with Crippen molar-refractivity contribution in [2.45, 2.75) is 32.2 Å². The SMILES string of the molecule is CC[C@@H](O)COc1cc(-c2ccc(N3CCN(Cc4ccc(OC)nc4)CC3)nc2)c2c(C#N)cnn2c1.O=C(O)C(F)(F)F. The maximum atomic E-state index is 10.6. The summed E-state index contributed by atoms with van der Waals surface area (Å²) in [4.78, 5) is 22.7. The lowest BCUT2D eigenvalue weighted by atomic mass is 10.1. The van der Waals surface area contributed by atoms with Gasteiger partial charge in [-0.1, -0.05) is 13.0 Å². The van der Waals surface area contributed by atoms with Gasteiger partial charge < -0.3 is 24.6 Å². The van der Waals surface area contributed by atoms with E-state index >= 15 is 0 Å². The number of hydrogen-bond acceptors (Lipinski definition) is 10. The zero-order valence-corrected chi connectivity index (χ0v) is 24.6. The molecular formula is C30H32F3N7O5. The van der Waals surface area contributed by atoms with Gasteiger partial charge in [0, 0.05) is 62.3 Å². The molecule has 1 aliphatic rings. The van der Waals surface area contributed by atoms with Crippen LogP contribution in [0.25, 0.3) is 16.6 Å². The highest BCUT2D eigenvalue weighted by molar-refractivity contribution is 5.85. The Balaban J connectivity index is 0.000000591. The van der Waals surface area contributed by atoms with Gasteiger partial charge in [0.2, 0.25) is 5.88 Å². The number of piperazine rings is 1. The fraction of sp³-hybridized carbons (Fsp3) is 0.367. The van der Waals surface area contributed by atoms with Crippen molar-refractivity contribution in [3.05, 3.63) is 66.2 Å². The molecule has 0 unspecified atom stereocenters. The van der Waals surface area contributed by atoms with Crippen LogP contribution in [0.15, 0.2) is 55.1 Å². The summed E-state index contributed by atoms with van der Waals surface area (Å²) in [6, 6.07) is 12.1. The second-order valence-electron chi connectivity index (χ2n) is 10.1. The first kappa shape index (κ1) is 33.0. The van der Waals surface area contributed by atoms with Crippen LogP contribution in [0.1, 0.15) is 24.5 Å². The topological polar surface area (TPSA) is 149 Å². The lowest BCUT2D eigenvalue weighted by Crippen LogP contribution is -2.46. The molecule has 1 atom stereocenters. The smallest absolute Gasteiger partial charge is 0.489 e. The summed E-state index contributed by atoms with van der Waals surface area (Å²) in [5.74, 6) is -0.643. The number of carboxylic acids is 1. The average molecular weight is 628 g/mol. The van der Waals surface area contributed by atoms with Crippen molar-refractivity contribution in [3.8, 4) is 28.8 Å². The average Bonchev–Trinajstić information content (AvgIpc) is 3.47. The molecule has 15 heteroatoms. The molecule has 5 heterocycles. The molecule has 0 amide bonds. The van der Waals surface area contributed by atoms with Crippen LogP contribution in [0.5, 0.6) is 11.6 Å². The minimum absolute atomic E-state index is 0.186. The molecule has 45 heavy (non-hydrogen) atoms. The molecule has 0 aliphatic carbocycles. The Labute approximate surface area is 256 Å². The lowest BCUT2D eigenvalue weighted by molar-refractivity contribution is -0.192. The number of nitrogens with zero attached hydrogens (tertiary/aromatic N) is 7. The Kier molecular flexibility index (Phi) is 10.8. The molecule has 4 aromatic rings. The summed E-state index contributed by atoms with van der Waals surface area (Å²) in [7, 11) is 1.62. The van der Waals surface area contributed by atoms with E-state index in [4.69, 9.17) is 24.4 Å². The second-order valence-corrected chi connectivity index (χ2v) is 10.1. The van der Waals surface area contributed by atoms with Crippen molar-refractivity contribution in [3.63, 3.8) is 0 Å². The van der Waals surface area contributed by atoms with Gasteiger partial charge in [0.05, 0.1) is 36.7 Å². The maximum absolute atomic E-state index is 10.6. The van der Waals surface area contributed by atoms with Gasteiger partial charge in [0.15, 0.2) is 0 Å². The zero-order valence-electron chi connectivity index (χ0n) is 24.6. The van der Waals surface area contributed by atoms with E-state index in [-0.39, 0.29) is 6.61 Å². The maximum Gasteiger partial charge on any atom is 0.490 e. The van der Waals surface area contributed by atoms with Crippen LogP contribution < -0.4 is 14.4 Å². The van der Waals surface area contributed by atoms with Crippen LogP contribution in [-0.2, 0) is 11.3 Å². The molecule has 0 radical (unpaired) electrons. The number of aromatic nitrogens is 4. The lowest BCUT2D eigenvalue weighted by Gasteiger charge is -2.35. The van der Waals surface area contributed by atoms with Crippen molar-refractivity contribution in [1.82, 2.24) is 24.5 Å². The van der Waals surface area contributed by atoms with E-state index in [0.29, 0.717) is 29.1 Å². The summed E-state index contributed by atoms with van der Waals surface area (Å²) in [6.07, 6.45) is 1.95. The van der Waals surface area contributed by atoms with E-state index < -0.39 is 18.2 Å². The number of halogens is 3. The zero-order chi connectivity index (χ0) is 32.6. The van der Waals surface area contributed by atoms with Gasteiger partial charge >= 0.3 is 12.1 Å². The van der Waals surface area contributed by atoms with Crippen molar-refractivity contribution < 1.29 is 37.7 Å². The summed E-state index contributed by atoms with van der Waals surface area (Å²) in [5, 5.41) is 31.0. The van der Waals surface area contributed by atoms with E-state index in [1.54, 1.807) is 24.0 Å². The second kappa shape index (κ2) is 14.7. The Morgan fingerprint density at radius 1 is 1.11 bits per heavy atom. The number of hydrogen-bond donors (Lipinski definition) is 2. The number of carbonyl (C=O) groups is 1. The molecule has 1 aliphatic heterocycles. The van der Waals surface area contributed by atoms with Crippen molar-refractivity contribution in [2.24, 2.45) is 0 Å². The van der Waals surface area contributed by atoms with E-state index in [1.807, 2.05) is 43.6 Å². The van der Waals surface area contributed by atoms with Crippen molar-refractivity contribution >= 4 is 17.3 Å². The number of aliphatic carboxylic acids is 1. The highest BCUT2D eigenvalue weighted by Gasteiger charge is 2.38. The number of alkyl halides is 3. The van der Waals surface area contributed by atoms with Crippen LogP contribution in [0.3, 0.4) is 0 Å². The van der Waals surface area contributed by atoms with Gasteiger partial charge in [-0.25, -0.2) is 19.3 Å². The van der Waals surface area contributed by atoms with Crippen LogP contribution in [0, 0.1) is 11.3 Å². The molecule has 5 rings (SSSR count). The summed E-state index contributed by atoms with van der Waals surface area (Å²) >= 11 is 0. The molecule has 0 aromatic carbocycles. The predicted molar refractivity (Wildman–Crippen MR) is 157 cm³/mol. The van der Waals surface area contributed by atoms with Crippen molar-refractivity contribution in [1.29, 1.82) is 5.26 Å². The minimum atomic E-state index is -5.08. The van der Waals surface area contributed by atoms with E-state index in [2.05, 4.69) is 32.0 Å². The summed E-state index contributed by atoms with van der Waals surface area (Å²) in [6.45, 7) is 6.57. The van der Waals surface area contributed by atoms with Crippen LogP contribution >= 0.6 is 0 Å². The van der Waals surface area contributed by atoms with Crippen LogP contribution in [0.2, 0.25) is 0 Å². The number of aliphatic hydroxyl groups excluding tert-OH is 1. The van der Waals surface area contributed by atoms with E-state index in [9.17, 15) is 23.5 Å². The standard InChI is InChI=1S/C28H31N7O3.C2HF3O2/c1-3-23(36)19-38-24-12-25(28-22(13-29)16-32-35(28)18-24)21-5-6-26(30-15-21)34-10-8-33(9-11-34)17-20-4-7-27(37-2)31-14-20;3-2(4,5)1(6)7/h4-7,12,14-16,18,23,36H,3,8-11,17,19H2,1-2H3;(H,6,7)/t23-;/m1./s1. The highest BCUT2D eigenvalue weighted by atomic mass is 19.4. The van der Waals surface area contributed by atoms with Crippen LogP contribution in [-0.4, -0.2) is 92.8 Å². The molecule has 238 valence electrons. The first-order valence-corrected chi connectivity index (χ1v) is 14.0. The van der Waals surface area contributed by atoms with Crippen LogP contribution in [0.4, 0.5) is 19.0 Å². The van der Waals surface area contributed by atoms with Gasteiger partial charge in [0.25, 0.3) is 0 Å². The molecule has 1 saturated heterocycles. The normalized spacial score (nSPS) is 14.3. The first-order chi connectivity index (χ1) is 21.5. The third kappa shape index (κ3) is 8.58. The number of methoxy groups -OCH3 is 1. The van der Waals surface area contributed by atoms with Gasteiger partial charge in [-0.05, 0) is 30.2 Å². The number of ether oxygens (including phenoxy) is 2. The number of carboxylic acid groups (broad SMARTS) is 1. The van der Waals surface area contributed by atoms with Gasteiger partial charge in [-0.15, -0.1) is 0 Å². The Hall–Kier alpha value is -4.94. The van der Waals surface area contributed by atoms with Gasteiger partial charge in [0.1, 0.15) is 24.2 Å². The molecule has 2 N–H and O–H groups in total. The molecular weight excluding hydrogens is 595 g/mol. The predicted octanol–water partition coefficient (Wildman–Crippen LogP) is 3.78. The third-order valence-corrected chi connectivity index (χ3v) is 7.03. The summed E-state index contributed by atoms with van der Waals surface area (Å²) in [5.41, 5.74) is 4.02. The Morgan fingerprint density at radius 3 is 2.40 bits per heavy atom. The highest BCUT2D eigenvalue weighted by Crippen LogP contribution is 2.31. The largest absolute Gasteiger partial charge is 0.490 e. The molecule has 1 fully saturated rings. The van der Waals surface area contributed by atoms with Gasteiger partial charge in [-0.2, -0.15) is 23.5 Å². The minimum Gasteiger partial charge on any atom is -0.489 e. The third-order valence-electron chi connectivity index (χ3n) is 7.03. The molecule has 4 aromatic heterocycles. The number of anilines is 1. The fourth-order valence-electron chi connectivity index (χ4n) is 4.54. The molecule has 12 nitrogen and oxygen atoms in total. The number of nitriles is 1. The Morgan fingerprint density at radius 2 is 1.84 bits per heavy atom. The quantitative estimate of drug-likeness (QED) is 0.279. The fourth-order valence-corrected chi connectivity index (χ4v) is 4.54. The van der Waals surface area contributed by atoms with Crippen molar-refractivity contribution in [2.75, 3.05) is 44.8 Å². The molecule has 0 bridgehead atoms. The Bertz CT molecular complexity index is 1610. The summed E-state index contributed by atoms with van der Waals surface area (Å²) < 4.78 is 44.3. The van der Waals surface area contributed by atoms with E-state index in [0.717, 1.165) is 49.7 Å². The molecule has 0 spiro atoms. The number of pyridine rings is 3. The number of rotatable bonds is 9.